The van der Waals surface area contributed by atoms with Gasteiger partial charge in [-0.15, -0.1) is 0 Å². The zero-order chi connectivity index (χ0) is 5.40. The van der Waals surface area contributed by atoms with Gasteiger partial charge in [-0.05, 0) is 32.1 Å². The maximum absolute atomic E-state index is 3.51. The minimum Gasteiger partial charge on any atom is -0.307 e. The van der Waals surface area contributed by atoms with Crippen LogP contribution in [-0.4, -0.2) is 6.04 Å². The lowest BCUT2D eigenvalue weighted by molar-refractivity contribution is 0.471. The van der Waals surface area contributed by atoms with Crippen LogP contribution in [0.25, 0.3) is 0 Å². The van der Waals surface area contributed by atoms with E-state index in [0.29, 0.717) is 0 Å². The van der Waals surface area contributed by atoms with E-state index in [9.17, 15) is 0 Å². The zero-order valence-electron chi connectivity index (χ0n) is 5.11. The lowest BCUT2D eigenvalue weighted by atomic mass is 10.1. The molecule has 2 rings (SSSR count). The van der Waals surface area contributed by atoms with Crippen molar-refractivity contribution in [3.8, 4) is 0 Å². The number of hydrogen-bond donors (Lipinski definition) is 1. The van der Waals surface area contributed by atoms with Gasteiger partial charge in [-0.2, -0.15) is 0 Å². The van der Waals surface area contributed by atoms with Crippen molar-refractivity contribution in [2.45, 2.75) is 38.1 Å². The smallest absolute Gasteiger partial charge is 0.0366 e. The Morgan fingerprint density at radius 2 is 2.25 bits per heavy atom. The van der Waals surface area contributed by atoms with Crippen molar-refractivity contribution in [1.29, 1.82) is 0 Å². The molecule has 0 aliphatic carbocycles. The lowest BCUT2D eigenvalue weighted by Gasteiger charge is -2.18. The Morgan fingerprint density at radius 3 is 3.00 bits per heavy atom. The van der Waals surface area contributed by atoms with Gasteiger partial charge in [-0.3, -0.25) is 0 Å². The summed E-state index contributed by atoms with van der Waals surface area (Å²) in [5.41, 5.74) is 0. The molecule has 2 aliphatic rings. The molecule has 2 heterocycles. The molecule has 1 nitrogen and oxygen atoms in total. The van der Waals surface area contributed by atoms with E-state index in [1.807, 2.05) is 0 Å². The zero-order valence-corrected chi connectivity index (χ0v) is 5.11. The van der Waals surface area contributed by atoms with Crippen LogP contribution in [0.5, 0.6) is 0 Å². The quantitative estimate of drug-likeness (QED) is 0.497. The molecular weight excluding hydrogens is 98.1 g/mol. The summed E-state index contributed by atoms with van der Waals surface area (Å²) in [6.07, 6.45) is 6.99. The van der Waals surface area contributed by atoms with Crippen molar-refractivity contribution >= 4 is 0 Å². The first-order valence-electron chi connectivity index (χ1n) is 3.56. The summed E-state index contributed by atoms with van der Waals surface area (Å²) < 4.78 is 0. The Hall–Kier alpha value is -0.0400. The summed E-state index contributed by atoms with van der Waals surface area (Å²) in [5, 5.41) is 3.51. The summed E-state index contributed by atoms with van der Waals surface area (Å²) in [6, 6.07) is 2.50. The van der Waals surface area contributed by atoms with Gasteiger partial charge < -0.3 is 5.32 Å². The van der Waals surface area contributed by atoms with Crippen LogP contribution in [0.15, 0.2) is 0 Å². The summed E-state index contributed by atoms with van der Waals surface area (Å²) in [6.45, 7) is 0. The molecule has 0 amide bonds. The molecule has 2 aliphatic heterocycles. The molecule has 0 saturated carbocycles. The molecule has 2 fully saturated rings. The van der Waals surface area contributed by atoms with Crippen LogP contribution < -0.4 is 5.32 Å². The van der Waals surface area contributed by atoms with E-state index in [-0.39, 0.29) is 0 Å². The van der Waals surface area contributed by atoms with Gasteiger partial charge >= 0.3 is 0 Å². The van der Waals surface area contributed by atoms with Gasteiger partial charge in [0.1, 0.15) is 0 Å². The fourth-order valence-electron chi connectivity index (χ4n) is 1.76. The second kappa shape index (κ2) is 1.73. The van der Waals surface area contributed by atoms with Crippen LogP contribution in [0.2, 0.25) is 0 Å². The number of hydrogen-bond acceptors (Lipinski definition) is 1. The Bertz CT molecular complexity index is 76.4. The van der Waals surface area contributed by atoms with Gasteiger partial charge in [0, 0.05) is 12.1 Å². The Kier molecular flexibility index (Phi) is 1.04. The van der Waals surface area contributed by atoms with E-state index >= 15 is 0 Å². The van der Waals surface area contributed by atoms with Crippen LogP contribution in [0.3, 0.4) is 0 Å². The Labute approximate surface area is 50.5 Å². The average Bonchev–Trinajstić information content (AvgIpc) is 2.12. The van der Waals surface area contributed by atoms with E-state index in [2.05, 4.69) is 5.32 Å². The van der Waals surface area contributed by atoms with E-state index in [1.54, 1.807) is 6.04 Å². The molecule has 45 valence electrons. The van der Waals surface area contributed by atoms with E-state index < -0.39 is 0 Å². The van der Waals surface area contributed by atoms with Crippen LogP contribution in [0.1, 0.15) is 32.1 Å². The SMILES string of the molecule is C1C[C]2CCC(C1)N2. The molecular formula is C7H12N. The normalized spacial score (nSPS) is 38.2. The maximum atomic E-state index is 3.51. The average molecular weight is 110 g/mol. The maximum Gasteiger partial charge on any atom is 0.0366 e. The molecule has 0 aromatic carbocycles. The van der Waals surface area contributed by atoms with Crippen molar-refractivity contribution in [3.05, 3.63) is 6.04 Å². The van der Waals surface area contributed by atoms with E-state index in [4.69, 9.17) is 0 Å². The molecule has 1 unspecified atom stereocenters. The second-order valence-corrected chi connectivity index (χ2v) is 2.88. The molecule has 1 N–H and O–H groups in total. The molecule has 0 aromatic rings. The molecule has 1 atom stereocenters. The highest BCUT2D eigenvalue weighted by Crippen LogP contribution is 2.30. The fourth-order valence-corrected chi connectivity index (χ4v) is 1.76. The van der Waals surface area contributed by atoms with Crippen molar-refractivity contribution in [3.63, 3.8) is 0 Å². The van der Waals surface area contributed by atoms with Gasteiger partial charge in [0.05, 0.1) is 0 Å². The summed E-state index contributed by atoms with van der Waals surface area (Å²) in [4.78, 5) is 0. The molecule has 0 aromatic heterocycles. The second-order valence-electron chi connectivity index (χ2n) is 2.88. The minimum atomic E-state index is 0.874. The topological polar surface area (TPSA) is 12.0 Å². The van der Waals surface area contributed by atoms with Crippen molar-refractivity contribution < 1.29 is 0 Å². The standard InChI is InChI=1S/C7H12N/c1-2-6-4-5-7(3-1)8-6/h6,8H,1-5H2. The first-order chi connectivity index (χ1) is 3.95. The van der Waals surface area contributed by atoms with Crippen LogP contribution in [0.4, 0.5) is 0 Å². The highest BCUT2D eigenvalue weighted by atomic mass is 15.0. The van der Waals surface area contributed by atoms with Crippen molar-refractivity contribution in [2.24, 2.45) is 0 Å². The highest BCUT2D eigenvalue weighted by molar-refractivity contribution is 5.00. The number of piperidine rings is 1. The molecule has 1 radical (unpaired) electrons. The molecule has 2 saturated heterocycles. The third kappa shape index (κ3) is 0.655. The Balaban J connectivity index is 2.03. The Morgan fingerprint density at radius 1 is 1.25 bits per heavy atom. The molecule has 0 spiro atoms. The number of nitrogens with one attached hydrogen (secondary N) is 1. The number of fused-ring (bicyclic) bond motifs is 2. The van der Waals surface area contributed by atoms with Gasteiger partial charge in [-0.25, -0.2) is 0 Å². The first kappa shape index (κ1) is 4.80. The largest absolute Gasteiger partial charge is 0.307 e. The van der Waals surface area contributed by atoms with Crippen molar-refractivity contribution in [2.75, 3.05) is 0 Å². The van der Waals surface area contributed by atoms with Crippen molar-refractivity contribution in [1.82, 2.24) is 5.32 Å². The summed E-state index contributed by atoms with van der Waals surface area (Å²) in [5.74, 6) is 0. The van der Waals surface area contributed by atoms with E-state index in [1.165, 1.54) is 32.1 Å². The molecule has 8 heavy (non-hydrogen) atoms. The molecule has 2 bridgehead atoms. The third-order valence-corrected chi connectivity index (χ3v) is 2.23. The third-order valence-electron chi connectivity index (χ3n) is 2.23. The molecule has 1 heteroatoms. The predicted octanol–water partition coefficient (Wildman–Crippen LogP) is 1.45. The van der Waals surface area contributed by atoms with Crippen LogP contribution >= 0.6 is 0 Å². The monoisotopic (exact) mass is 110 g/mol. The lowest BCUT2D eigenvalue weighted by Crippen LogP contribution is -2.28. The van der Waals surface area contributed by atoms with Gasteiger partial charge in [0.2, 0.25) is 0 Å². The van der Waals surface area contributed by atoms with E-state index in [0.717, 1.165) is 6.04 Å². The van der Waals surface area contributed by atoms with Crippen LogP contribution in [-0.2, 0) is 0 Å². The summed E-state index contributed by atoms with van der Waals surface area (Å²) in [7, 11) is 0. The fraction of sp³-hybridized carbons (Fsp3) is 0.857. The van der Waals surface area contributed by atoms with Gasteiger partial charge in [0.25, 0.3) is 0 Å². The predicted molar refractivity (Wildman–Crippen MR) is 33.3 cm³/mol. The minimum absolute atomic E-state index is 0.874. The first-order valence-corrected chi connectivity index (χ1v) is 3.56. The van der Waals surface area contributed by atoms with Gasteiger partial charge in [0.15, 0.2) is 0 Å². The van der Waals surface area contributed by atoms with Crippen LogP contribution in [0, 0.1) is 6.04 Å². The summed E-state index contributed by atoms with van der Waals surface area (Å²) >= 11 is 0. The number of rotatable bonds is 0. The highest BCUT2D eigenvalue weighted by Gasteiger charge is 2.27. The van der Waals surface area contributed by atoms with Gasteiger partial charge in [-0.1, -0.05) is 0 Å².